The van der Waals surface area contributed by atoms with E-state index < -0.39 is 5.97 Å². The highest BCUT2D eigenvalue weighted by molar-refractivity contribution is 5.84. The normalized spacial score (nSPS) is 11.4. The van der Waals surface area contributed by atoms with E-state index >= 15 is 0 Å². The number of hydrogen-bond acceptors (Lipinski definition) is 3. The molecule has 0 aliphatic carbocycles. The highest BCUT2D eigenvalue weighted by Crippen LogP contribution is 2.17. The number of nitrogens with zero attached hydrogens (tertiary/aromatic N) is 1. The first-order valence-electron chi connectivity index (χ1n) is 5.99. The fourth-order valence-corrected chi connectivity index (χ4v) is 1.84. The topological polar surface area (TPSA) is 53.7 Å². The summed E-state index contributed by atoms with van der Waals surface area (Å²) in [5, 5.41) is 8.85. The zero-order valence-corrected chi connectivity index (χ0v) is 11.0. The summed E-state index contributed by atoms with van der Waals surface area (Å²) in [4.78, 5) is 13.1. The molecule has 96 valence electrons. The average Bonchev–Trinajstić information content (AvgIpc) is 2.59. The second kappa shape index (κ2) is 5.87. The van der Waals surface area contributed by atoms with Gasteiger partial charge in [0.2, 0.25) is 5.76 Å². The molecule has 0 amide bonds. The van der Waals surface area contributed by atoms with Crippen LogP contribution in [0.1, 0.15) is 42.6 Å². The Balaban J connectivity index is 2.75. The maximum Gasteiger partial charge on any atom is 0.371 e. The van der Waals surface area contributed by atoms with Crippen molar-refractivity contribution in [3.05, 3.63) is 23.2 Å². The van der Waals surface area contributed by atoms with E-state index in [1.165, 1.54) is 0 Å². The highest BCUT2D eigenvalue weighted by atomic mass is 16.4. The molecule has 0 unspecified atom stereocenters. The highest BCUT2D eigenvalue weighted by Gasteiger charge is 2.15. The Bertz CT molecular complexity index is 382. The van der Waals surface area contributed by atoms with Gasteiger partial charge in [0.05, 0.1) is 0 Å². The van der Waals surface area contributed by atoms with Gasteiger partial charge >= 0.3 is 5.97 Å². The Hall–Kier alpha value is -1.29. The van der Waals surface area contributed by atoms with Gasteiger partial charge in [-0.3, -0.25) is 4.90 Å². The van der Waals surface area contributed by atoms with E-state index in [2.05, 4.69) is 25.7 Å². The zero-order chi connectivity index (χ0) is 13.0. The van der Waals surface area contributed by atoms with E-state index in [0.29, 0.717) is 11.7 Å². The number of furan rings is 1. The van der Waals surface area contributed by atoms with Gasteiger partial charge in [0, 0.05) is 18.7 Å². The van der Waals surface area contributed by atoms with Crippen molar-refractivity contribution in [2.75, 3.05) is 13.1 Å². The van der Waals surface area contributed by atoms with Crippen LogP contribution in [0.5, 0.6) is 0 Å². The van der Waals surface area contributed by atoms with Crippen LogP contribution in [0.4, 0.5) is 0 Å². The largest absolute Gasteiger partial charge is 0.475 e. The van der Waals surface area contributed by atoms with Crippen LogP contribution in [0.3, 0.4) is 0 Å². The molecule has 4 heteroatoms. The number of aromatic carboxylic acids is 1. The number of carbonyl (C=O) groups is 1. The Kier molecular flexibility index (Phi) is 4.75. The van der Waals surface area contributed by atoms with E-state index in [9.17, 15) is 4.79 Å². The van der Waals surface area contributed by atoms with Gasteiger partial charge in [-0.25, -0.2) is 4.79 Å². The van der Waals surface area contributed by atoms with E-state index in [4.69, 9.17) is 9.52 Å². The molecule has 0 radical (unpaired) electrons. The van der Waals surface area contributed by atoms with Gasteiger partial charge in [0.15, 0.2) is 0 Å². The van der Waals surface area contributed by atoms with Crippen LogP contribution in [0.25, 0.3) is 0 Å². The number of carboxylic acid groups (broad SMARTS) is 1. The molecule has 0 aromatic carbocycles. The van der Waals surface area contributed by atoms with Crippen LogP contribution in [0.15, 0.2) is 10.5 Å². The van der Waals surface area contributed by atoms with Crippen LogP contribution < -0.4 is 0 Å². The van der Waals surface area contributed by atoms with Crippen molar-refractivity contribution in [3.63, 3.8) is 0 Å². The van der Waals surface area contributed by atoms with Crippen molar-refractivity contribution in [2.24, 2.45) is 5.92 Å². The fourth-order valence-electron chi connectivity index (χ4n) is 1.84. The Morgan fingerprint density at radius 2 is 2.18 bits per heavy atom. The minimum absolute atomic E-state index is 0.0260. The Labute approximate surface area is 102 Å². The van der Waals surface area contributed by atoms with Gasteiger partial charge in [-0.05, 0) is 25.5 Å². The van der Waals surface area contributed by atoms with Crippen molar-refractivity contribution in [1.82, 2.24) is 4.90 Å². The molecule has 4 nitrogen and oxygen atoms in total. The summed E-state index contributed by atoms with van der Waals surface area (Å²) in [6.07, 6.45) is 0. The first-order chi connectivity index (χ1) is 7.93. The molecule has 0 saturated carbocycles. The molecule has 1 rings (SSSR count). The van der Waals surface area contributed by atoms with Gasteiger partial charge in [-0.1, -0.05) is 20.8 Å². The standard InChI is InChI=1S/C13H21NO3/c1-5-14(7-9(2)3)8-11-6-12(13(15)16)17-10(11)4/h6,9H,5,7-8H2,1-4H3,(H,15,16). The lowest BCUT2D eigenvalue weighted by atomic mass is 10.1. The van der Waals surface area contributed by atoms with E-state index in [0.717, 1.165) is 25.2 Å². The minimum Gasteiger partial charge on any atom is -0.475 e. The van der Waals surface area contributed by atoms with E-state index in [-0.39, 0.29) is 5.76 Å². The average molecular weight is 239 g/mol. The van der Waals surface area contributed by atoms with Crippen molar-refractivity contribution < 1.29 is 14.3 Å². The molecule has 0 bridgehead atoms. The lowest BCUT2D eigenvalue weighted by molar-refractivity contribution is 0.0661. The fraction of sp³-hybridized carbons (Fsp3) is 0.615. The molecule has 0 fully saturated rings. The molecule has 0 saturated heterocycles. The zero-order valence-electron chi connectivity index (χ0n) is 11.0. The monoisotopic (exact) mass is 239 g/mol. The summed E-state index contributed by atoms with van der Waals surface area (Å²) in [6.45, 7) is 11.0. The molecule has 1 aromatic rings. The van der Waals surface area contributed by atoms with Crippen molar-refractivity contribution in [2.45, 2.75) is 34.2 Å². The third kappa shape index (κ3) is 3.89. The summed E-state index contributed by atoms with van der Waals surface area (Å²) in [7, 11) is 0. The number of aryl methyl sites for hydroxylation is 1. The van der Waals surface area contributed by atoms with Crippen LogP contribution in [-0.4, -0.2) is 29.1 Å². The quantitative estimate of drug-likeness (QED) is 0.829. The Morgan fingerprint density at radius 1 is 1.53 bits per heavy atom. The van der Waals surface area contributed by atoms with Gasteiger partial charge < -0.3 is 9.52 Å². The predicted molar refractivity (Wildman–Crippen MR) is 66.2 cm³/mol. The third-order valence-electron chi connectivity index (χ3n) is 2.70. The Morgan fingerprint density at radius 3 is 2.59 bits per heavy atom. The summed E-state index contributed by atoms with van der Waals surface area (Å²) < 4.78 is 5.20. The van der Waals surface area contributed by atoms with Crippen LogP contribution in [0.2, 0.25) is 0 Å². The maximum atomic E-state index is 10.8. The summed E-state index contributed by atoms with van der Waals surface area (Å²) in [5.41, 5.74) is 0.963. The molecule has 0 aliphatic rings. The first kappa shape index (κ1) is 13.8. The smallest absolute Gasteiger partial charge is 0.371 e. The van der Waals surface area contributed by atoms with Crippen LogP contribution in [-0.2, 0) is 6.54 Å². The summed E-state index contributed by atoms with van der Waals surface area (Å²) in [6, 6.07) is 1.63. The maximum absolute atomic E-state index is 10.8. The first-order valence-corrected chi connectivity index (χ1v) is 5.99. The number of rotatable bonds is 6. The number of hydrogen-bond donors (Lipinski definition) is 1. The summed E-state index contributed by atoms with van der Waals surface area (Å²) in [5.74, 6) is 0.315. The van der Waals surface area contributed by atoms with Crippen LogP contribution >= 0.6 is 0 Å². The van der Waals surface area contributed by atoms with E-state index in [1.807, 2.05) is 6.92 Å². The molecule has 0 aliphatic heterocycles. The van der Waals surface area contributed by atoms with Crippen molar-refractivity contribution in [1.29, 1.82) is 0 Å². The SMILES string of the molecule is CCN(Cc1cc(C(=O)O)oc1C)CC(C)C. The second-order valence-corrected chi connectivity index (χ2v) is 4.72. The van der Waals surface area contributed by atoms with Crippen molar-refractivity contribution >= 4 is 5.97 Å². The molecule has 17 heavy (non-hydrogen) atoms. The van der Waals surface area contributed by atoms with Gasteiger partial charge in [-0.2, -0.15) is 0 Å². The lowest BCUT2D eigenvalue weighted by Crippen LogP contribution is -2.27. The van der Waals surface area contributed by atoms with Gasteiger partial charge in [0.25, 0.3) is 0 Å². The molecule has 0 atom stereocenters. The lowest BCUT2D eigenvalue weighted by Gasteiger charge is -2.21. The molecular weight excluding hydrogens is 218 g/mol. The van der Waals surface area contributed by atoms with Crippen LogP contribution in [0, 0.1) is 12.8 Å². The van der Waals surface area contributed by atoms with Gasteiger partial charge in [0.1, 0.15) is 5.76 Å². The second-order valence-electron chi connectivity index (χ2n) is 4.72. The van der Waals surface area contributed by atoms with Crippen molar-refractivity contribution in [3.8, 4) is 0 Å². The minimum atomic E-state index is -1.01. The summed E-state index contributed by atoms with van der Waals surface area (Å²) >= 11 is 0. The predicted octanol–water partition coefficient (Wildman–Crippen LogP) is 2.76. The molecule has 0 spiro atoms. The van der Waals surface area contributed by atoms with E-state index in [1.54, 1.807) is 6.07 Å². The van der Waals surface area contributed by atoms with Gasteiger partial charge in [-0.15, -0.1) is 0 Å². The third-order valence-corrected chi connectivity index (χ3v) is 2.70. The molecule has 1 heterocycles. The molecule has 1 N–H and O–H groups in total. The number of carboxylic acids is 1. The molecular formula is C13H21NO3. The molecule has 1 aromatic heterocycles.